The highest BCUT2D eigenvalue weighted by Crippen LogP contribution is 2.20. The molecule has 3 rings (SSSR count). The first-order valence-corrected chi connectivity index (χ1v) is 8.78. The molecule has 0 radical (unpaired) electrons. The Morgan fingerprint density at radius 3 is 2.48 bits per heavy atom. The van der Waals surface area contributed by atoms with E-state index in [-0.39, 0.29) is 11.9 Å². The normalized spacial score (nSPS) is 15.2. The van der Waals surface area contributed by atoms with Gasteiger partial charge in [-0.2, -0.15) is 0 Å². The van der Waals surface area contributed by atoms with Crippen molar-refractivity contribution in [1.82, 2.24) is 15.3 Å². The maximum atomic E-state index is 12.5. The van der Waals surface area contributed by atoms with Gasteiger partial charge < -0.3 is 15.4 Å². The third-order valence-corrected chi connectivity index (χ3v) is 4.45. The Bertz CT molecular complexity index is 695. The predicted octanol–water partition coefficient (Wildman–Crippen LogP) is 3.68. The molecule has 0 saturated heterocycles. The summed E-state index contributed by atoms with van der Waals surface area (Å²) >= 11 is 0. The van der Waals surface area contributed by atoms with Crippen LogP contribution < -0.4 is 15.4 Å². The summed E-state index contributed by atoms with van der Waals surface area (Å²) in [5.41, 5.74) is 1.25. The molecule has 1 aromatic carbocycles. The van der Waals surface area contributed by atoms with Gasteiger partial charge in [0.05, 0.1) is 7.11 Å². The highest BCUT2D eigenvalue weighted by Gasteiger charge is 2.17. The van der Waals surface area contributed by atoms with Gasteiger partial charge in [-0.3, -0.25) is 4.79 Å². The van der Waals surface area contributed by atoms with Crippen molar-refractivity contribution in [2.75, 3.05) is 12.4 Å². The molecule has 6 heteroatoms. The molecule has 25 heavy (non-hydrogen) atoms. The number of ether oxygens (including phenoxy) is 1. The molecule has 1 amide bonds. The molecular formula is C19H24N4O2. The number of nitrogens with one attached hydrogen (secondary N) is 2. The van der Waals surface area contributed by atoms with Crippen LogP contribution >= 0.6 is 0 Å². The van der Waals surface area contributed by atoms with Crippen molar-refractivity contribution in [3.05, 3.63) is 42.4 Å². The number of rotatable bonds is 5. The molecule has 2 aromatic rings. The van der Waals surface area contributed by atoms with Gasteiger partial charge in [0.15, 0.2) is 0 Å². The van der Waals surface area contributed by atoms with E-state index in [4.69, 9.17) is 4.74 Å². The van der Waals surface area contributed by atoms with Gasteiger partial charge in [0.25, 0.3) is 5.91 Å². The van der Waals surface area contributed by atoms with Crippen molar-refractivity contribution < 1.29 is 9.53 Å². The largest absolute Gasteiger partial charge is 0.497 e. The highest BCUT2D eigenvalue weighted by atomic mass is 16.5. The summed E-state index contributed by atoms with van der Waals surface area (Å²) in [4.78, 5) is 20.8. The average molecular weight is 340 g/mol. The number of hydrogen-bond acceptors (Lipinski definition) is 5. The Morgan fingerprint density at radius 2 is 1.80 bits per heavy atom. The maximum Gasteiger partial charge on any atom is 0.270 e. The van der Waals surface area contributed by atoms with E-state index in [1.807, 2.05) is 24.3 Å². The second kappa shape index (κ2) is 8.46. The molecule has 0 spiro atoms. The summed E-state index contributed by atoms with van der Waals surface area (Å²) in [5, 5.41) is 6.29. The molecule has 1 saturated carbocycles. The van der Waals surface area contributed by atoms with Gasteiger partial charge in [-0.25, -0.2) is 9.97 Å². The van der Waals surface area contributed by atoms with Crippen molar-refractivity contribution in [3.8, 4) is 5.75 Å². The Balaban J connectivity index is 1.64. The summed E-state index contributed by atoms with van der Waals surface area (Å²) in [7, 11) is 1.63. The van der Waals surface area contributed by atoms with Crippen molar-refractivity contribution in [2.45, 2.75) is 44.6 Å². The van der Waals surface area contributed by atoms with Crippen LogP contribution in [-0.4, -0.2) is 29.0 Å². The quantitative estimate of drug-likeness (QED) is 0.812. The monoisotopic (exact) mass is 340 g/mol. The number of benzene rings is 1. The van der Waals surface area contributed by atoms with Crippen LogP contribution in [0.5, 0.6) is 5.75 Å². The maximum absolute atomic E-state index is 12.5. The van der Waals surface area contributed by atoms with Crippen molar-refractivity contribution in [1.29, 1.82) is 0 Å². The second-order valence-electron chi connectivity index (χ2n) is 6.30. The van der Waals surface area contributed by atoms with Gasteiger partial charge in [0.1, 0.15) is 23.6 Å². The first kappa shape index (κ1) is 17.2. The number of aromatic nitrogens is 2. The van der Waals surface area contributed by atoms with Gasteiger partial charge in [-0.15, -0.1) is 0 Å². The topological polar surface area (TPSA) is 76.1 Å². The number of nitrogens with zero attached hydrogens (tertiary/aromatic N) is 2. The summed E-state index contributed by atoms with van der Waals surface area (Å²) in [6.45, 7) is 0. The third kappa shape index (κ3) is 4.92. The van der Waals surface area contributed by atoms with Crippen LogP contribution in [0.1, 0.15) is 49.0 Å². The highest BCUT2D eigenvalue weighted by molar-refractivity contribution is 5.93. The predicted molar refractivity (Wildman–Crippen MR) is 97.3 cm³/mol. The van der Waals surface area contributed by atoms with E-state index in [0.717, 1.165) is 24.3 Å². The molecule has 0 aliphatic heterocycles. The number of hydrogen-bond donors (Lipinski definition) is 2. The van der Waals surface area contributed by atoms with Gasteiger partial charge in [0.2, 0.25) is 0 Å². The minimum absolute atomic E-state index is 0.132. The van der Waals surface area contributed by atoms with E-state index in [1.165, 1.54) is 32.0 Å². The molecule has 6 nitrogen and oxygen atoms in total. The van der Waals surface area contributed by atoms with E-state index in [2.05, 4.69) is 20.6 Å². The third-order valence-electron chi connectivity index (χ3n) is 4.45. The molecule has 0 atom stereocenters. The molecular weight excluding hydrogens is 316 g/mol. The molecule has 1 aliphatic rings. The Hall–Kier alpha value is -2.63. The Labute approximate surface area is 148 Å². The standard InChI is InChI=1S/C19H24N4O2/c1-25-16-10-8-15(9-11-16)22-18-12-17(20-13-21-18)19(24)23-14-6-4-2-3-5-7-14/h8-14H,2-7H2,1H3,(H,23,24)(H,20,21,22). The molecule has 132 valence electrons. The van der Waals surface area contributed by atoms with Gasteiger partial charge in [0, 0.05) is 17.8 Å². The fourth-order valence-corrected chi connectivity index (χ4v) is 3.06. The summed E-state index contributed by atoms with van der Waals surface area (Å²) in [6.07, 6.45) is 8.39. The van der Waals surface area contributed by atoms with Crippen LogP contribution in [0.15, 0.2) is 36.7 Å². The molecule has 2 N–H and O–H groups in total. The van der Waals surface area contributed by atoms with E-state index in [1.54, 1.807) is 13.2 Å². The fourth-order valence-electron chi connectivity index (χ4n) is 3.06. The van der Waals surface area contributed by atoms with Crippen LogP contribution in [0.25, 0.3) is 0 Å². The lowest BCUT2D eigenvalue weighted by Crippen LogP contribution is -2.34. The lowest BCUT2D eigenvalue weighted by atomic mass is 10.1. The number of amides is 1. The summed E-state index contributed by atoms with van der Waals surface area (Å²) < 4.78 is 5.14. The molecule has 1 heterocycles. The fraction of sp³-hybridized carbons (Fsp3) is 0.421. The molecule has 1 aromatic heterocycles. The van der Waals surface area contributed by atoms with Crippen LogP contribution in [0.4, 0.5) is 11.5 Å². The average Bonchev–Trinajstić information content (AvgIpc) is 2.91. The van der Waals surface area contributed by atoms with E-state index >= 15 is 0 Å². The van der Waals surface area contributed by atoms with Crippen LogP contribution in [0, 0.1) is 0 Å². The number of carbonyl (C=O) groups is 1. The van der Waals surface area contributed by atoms with Gasteiger partial charge in [-0.05, 0) is 37.1 Å². The lowest BCUT2D eigenvalue weighted by Gasteiger charge is -2.16. The van der Waals surface area contributed by atoms with E-state index < -0.39 is 0 Å². The van der Waals surface area contributed by atoms with Crippen LogP contribution in [-0.2, 0) is 0 Å². The number of methoxy groups -OCH3 is 1. The zero-order valence-corrected chi connectivity index (χ0v) is 14.5. The SMILES string of the molecule is COc1ccc(Nc2cc(C(=O)NC3CCCCCC3)ncn2)cc1. The number of anilines is 2. The minimum atomic E-state index is -0.132. The van der Waals surface area contributed by atoms with E-state index in [0.29, 0.717) is 11.5 Å². The summed E-state index contributed by atoms with van der Waals surface area (Å²) in [6, 6.07) is 9.45. The molecule has 0 bridgehead atoms. The van der Waals surface area contributed by atoms with Gasteiger partial charge in [-0.1, -0.05) is 25.7 Å². The van der Waals surface area contributed by atoms with Gasteiger partial charge >= 0.3 is 0 Å². The molecule has 1 fully saturated rings. The Kier molecular flexibility index (Phi) is 5.82. The van der Waals surface area contributed by atoms with Crippen molar-refractivity contribution >= 4 is 17.4 Å². The minimum Gasteiger partial charge on any atom is -0.497 e. The first-order valence-electron chi connectivity index (χ1n) is 8.78. The molecule has 1 aliphatic carbocycles. The van der Waals surface area contributed by atoms with E-state index in [9.17, 15) is 4.79 Å². The van der Waals surface area contributed by atoms with Crippen LogP contribution in [0.3, 0.4) is 0 Å². The number of carbonyl (C=O) groups excluding carboxylic acids is 1. The summed E-state index contributed by atoms with van der Waals surface area (Å²) in [5.74, 6) is 1.25. The zero-order valence-electron chi connectivity index (χ0n) is 14.5. The lowest BCUT2D eigenvalue weighted by molar-refractivity contribution is 0.0928. The van der Waals surface area contributed by atoms with Crippen molar-refractivity contribution in [3.63, 3.8) is 0 Å². The zero-order chi connectivity index (χ0) is 17.5. The first-order chi connectivity index (χ1) is 12.2. The van der Waals surface area contributed by atoms with Crippen LogP contribution in [0.2, 0.25) is 0 Å². The molecule has 0 unspecified atom stereocenters. The second-order valence-corrected chi connectivity index (χ2v) is 6.30. The Morgan fingerprint density at radius 1 is 1.08 bits per heavy atom. The van der Waals surface area contributed by atoms with Crippen molar-refractivity contribution in [2.24, 2.45) is 0 Å². The smallest absolute Gasteiger partial charge is 0.270 e.